The molecule has 1 rings (SSSR count). The topological polar surface area (TPSA) is 70.0 Å². The minimum atomic E-state index is -0.552. The first-order chi connectivity index (χ1) is 6.93. The fraction of sp³-hybridized carbons (Fsp3) is 0.250. The van der Waals surface area contributed by atoms with Crippen LogP contribution in [0.5, 0.6) is 0 Å². The molecule has 2 N–H and O–H groups in total. The van der Waals surface area contributed by atoms with E-state index in [4.69, 9.17) is 28.9 Å². The van der Waals surface area contributed by atoms with E-state index in [0.717, 1.165) is 4.57 Å². The summed E-state index contributed by atoms with van der Waals surface area (Å²) in [7, 11) is 1.50. The van der Waals surface area contributed by atoms with Crippen molar-refractivity contribution >= 4 is 28.9 Å². The van der Waals surface area contributed by atoms with Crippen molar-refractivity contribution in [3.05, 3.63) is 37.6 Å². The number of nitrogens with two attached hydrogens (primary N) is 1. The first-order valence-electron chi connectivity index (χ1n) is 4.00. The predicted octanol–water partition coefficient (Wildman–Crippen LogP) is 0.448. The van der Waals surface area contributed by atoms with Crippen LogP contribution >= 0.6 is 23.2 Å². The molecular formula is C8H9Cl2N3O2. The van der Waals surface area contributed by atoms with E-state index in [1.54, 1.807) is 0 Å². The lowest BCUT2D eigenvalue weighted by Crippen LogP contribution is -2.39. The summed E-state index contributed by atoms with van der Waals surface area (Å²) in [6.45, 7) is -0.00111. The van der Waals surface area contributed by atoms with E-state index in [9.17, 15) is 9.59 Å². The molecule has 0 aliphatic heterocycles. The van der Waals surface area contributed by atoms with Crippen LogP contribution in [0, 0.1) is 0 Å². The standard InChI is InChI=1S/C8H9Cl2N3O2/c1-12-4-5(11)7(14)13(8(12)15)3-2-6(9)10/h2,4H,3,11H2,1H3. The summed E-state index contributed by atoms with van der Waals surface area (Å²) in [6, 6.07) is 0. The van der Waals surface area contributed by atoms with Gasteiger partial charge in [-0.25, -0.2) is 4.79 Å². The minimum absolute atomic E-state index is 0.00111. The molecule has 0 fully saturated rings. The first kappa shape index (κ1) is 11.9. The predicted molar refractivity (Wildman–Crippen MR) is 60.1 cm³/mol. The fourth-order valence-electron chi connectivity index (χ4n) is 1.07. The van der Waals surface area contributed by atoms with Gasteiger partial charge in [-0.1, -0.05) is 23.2 Å². The Kier molecular flexibility index (Phi) is 3.60. The second-order valence-electron chi connectivity index (χ2n) is 2.89. The second-order valence-corrected chi connectivity index (χ2v) is 3.90. The summed E-state index contributed by atoms with van der Waals surface area (Å²) in [5.74, 6) is 0. The molecule has 7 heteroatoms. The number of aromatic nitrogens is 2. The third kappa shape index (κ3) is 2.64. The monoisotopic (exact) mass is 249 g/mol. The smallest absolute Gasteiger partial charge is 0.331 e. The van der Waals surface area contributed by atoms with Gasteiger partial charge in [-0.3, -0.25) is 9.36 Å². The van der Waals surface area contributed by atoms with Crippen molar-refractivity contribution in [3.63, 3.8) is 0 Å². The molecule has 0 saturated heterocycles. The van der Waals surface area contributed by atoms with Crippen LogP contribution in [0.15, 0.2) is 26.4 Å². The van der Waals surface area contributed by atoms with Crippen LogP contribution in [0.2, 0.25) is 0 Å². The van der Waals surface area contributed by atoms with Crippen molar-refractivity contribution in [3.8, 4) is 0 Å². The molecule has 0 amide bonds. The van der Waals surface area contributed by atoms with Gasteiger partial charge in [-0.15, -0.1) is 0 Å². The molecule has 15 heavy (non-hydrogen) atoms. The highest BCUT2D eigenvalue weighted by Gasteiger charge is 2.05. The van der Waals surface area contributed by atoms with Crippen LogP contribution in [0.3, 0.4) is 0 Å². The second kappa shape index (κ2) is 4.55. The Labute approximate surface area is 95.3 Å². The normalized spacial score (nSPS) is 10.1. The van der Waals surface area contributed by atoms with Crippen LogP contribution in [-0.2, 0) is 13.6 Å². The average molecular weight is 250 g/mol. The molecule has 1 aromatic heterocycles. The lowest BCUT2D eigenvalue weighted by atomic mass is 10.5. The van der Waals surface area contributed by atoms with Crippen LogP contribution in [0.25, 0.3) is 0 Å². The Morgan fingerprint density at radius 1 is 1.53 bits per heavy atom. The van der Waals surface area contributed by atoms with Gasteiger partial charge in [0.05, 0.1) is 6.54 Å². The van der Waals surface area contributed by atoms with E-state index in [2.05, 4.69) is 0 Å². The molecule has 1 aromatic rings. The average Bonchev–Trinajstić information content (AvgIpc) is 2.14. The number of rotatable bonds is 2. The molecule has 0 bridgehead atoms. The van der Waals surface area contributed by atoms with Gasteiger partial charge in [0, 0.05) is 13.2 Å². The molecule has 0 aliphatic rings. The Bertz CT molecular complexity index is 477. The molecule has 5 nitrogen and oxygen atoms in total. The summed E-state index contributed by atoms with van der Waals surface area (Å²) in [5, 5.41) is 0. The number of nitrogen functional groups attached to an aromatic ring is 1. The van der Waals surface area contributed by atoms with E-state index < -0.39 is 11.2 Å². The summed E-state index contributed by atoms with van der Waals surface area (Å²) < 4.78 is 2.15. The highest BCUT2D eigenvalue weighted by atomic mass is 35.5. The molecule has 0 atom stereocenters. The van der Waals surface area contributed by atoms with Gasteiger partial charge in [0.15, 0.2) is 0 Å². The van der Waals surface area contributed by atoms with Gasteiger partial charge in [0.25, 0.3) is 5.56 Å². The van der Waals surface area contributed by atoms with Crippen LogP contribution in [0.4, 0.5) is 5.69 Å². The highest BCUT2D eigenvalue weighted by molar-refractivity contribution is 6.55. The van der Waals surface area contributed by atoms with E-state index in [1.807, 2.05) is 0 Å². The Morgan fingerprint density at radius 3 is 2.67 bits per heavy atom. The summed E-state index contributed by atoms with van der Waals surface area (Å²) in [5.41, 5.74) is 4.39. The Balaban J connectivity index is 3.34. The minimum Gasteiger partial charge on any atom is -0.393 e. The maximum Gasteiger partial charge on any atom is 0.331 e. The van der Waals surface area contributed by atoms with Crippen LogP contribution in [-0.4, -0.2) is 9.13 Å². The van der Waals surface area contributed by atoms with E-state index in [1.165, 1.54) is 23.9 Å². The zero-order valence-electron chi connectivity index (χ0n) is 7.91. The van der Waals surface area contributed by atoms with Crippen molar-refractivity contribution < 1.29 is 0 Å². The van der Waals surface area contributed by atoms with Gasteiger partial charge in [-0.2, -0.15) is 0 Å². The summed E-state index contributed by atoms with van der Waals surface area (Å²) in [4.78, 5) is 23.0. The van der Waals surface area contributed by atoms with E-state index in [0.29, 0.717) is 0 Å². The number of aryl methyl sites for hydroxylation is 1. The number of anilines is 1. The van der Waals surface area contributed by atoms with Crippen molar-refractivity contribution in [1.29, 1.82) is 0 Å². The van der Waals surface area contributed by atoms with Gasteiger partial charge in [0.1, 0.15) is 10.2 Å². The van der Waals surface area contributed by atoms with Crippen molar-refractivity contribution in [2.75, 3.05) is 5.73 Å². The molecule has 82 valence electrons. The molecular weight excluding hydrogens is 241 g/mol. The largest absolute Gasteiger partial charge is 0.393 e. The van der Waals surface area contributed by atoms with Crippen molar-refractivity contribution in [2.24, 2.45) is 7.05 Å². The quantitative estimate of drug-likeness (QED) is 0.828. The van der Waals surface area contributed by atoms with Crippen LogP contribution < -0.4 is 17.0 Å². The third-order valence-corrected chi connectivity index (χ3v) is 2.09. The number of hydrogen-bond donors (Lipinski definition) is 1. The third-order valence-electron chi connectivity index (χ3n) is 1.79. The van der Waals surface area contributed by atoms with Gasteiger partial charge < -0.3 is 10.3 Å². The molecule has 0 aromatic carbocycles. The van der Waals surface area contributed by atoms with Crippen LogP contribution in [0.1, 0.15) is 0 Å². The van der Waals surface area contributed by atoms with Gasteiger partial charge >= 0.3 is 5.69 Å². The fourth-order valence-corrected chi connectivity index (χ4v) is 1.21. The molecule has 0 saturated carbocycles. The van der Waals surface area contributed by atoms with Crippen molar-refractivity contribution in [1.82, 2.24) is 9.13 Å². The van der Waals surface area contributed by atoms with Gasteiger partial charge in [-0.05, 0) is 6.08 Å². The molecule has 0 spiro atoms. The maximum atomic E-state index is 11.5. The van der Waals surface area contributed by atoms with E-state index >= 15 is 0 Å². The highest BCUT2D eigenvalue weighted by Crippen LogP contribution is 2.05. The Morgan fingerprint density at radius 2 is 2.13 bits per heavy atom. The zero-order valence-corrected chi connectivity index (χ0v) is 9.42. The maximum absolute atomic E-state index is 11.5. The zero-order chi connectivity index (χ0) is 11.6. The lowest BCUT2D eigenvalue weighted by molar-refractivity contribution is 0.652. The number of hydrogen-bond acceptors (Lipinski definition) is 3. The molecule has 0 aliphatic carbocycles. The summed E-state index contributed by atoms with van der Waals surface area (Å²) >= 11 is 10.8. The molecule has 0 unspecified atom stereocenters. The molecule has 0 radical (unpaired) electrons. The first-order valence-corrected chi connectivity index (χ1v) is 4.76. The lowest BCUT2D eigenvalue weighted by Gasteiger charge is -2.05. The SMILES string of the molecule is Cn1cc(N)c(=O)n(CC=C(Cl)Cl)c1=O. The summed E-state index contributed by atoms with van der Waals surface area (Å²) in [6.07, 6.45) is 2.61. The Hall–Kier alpha value is -1.20. The number of nitrogens with zero attached hydrogens (tertiary/aromatic N) is 2. The van der Waals surface area contributed by atoms with E-state index in [-0.39, 0.29) is 16.7 Å². The molecule has 1 heterocycles. The van der Waals surface area contributed by atoms with Gasteiger partial charge in [0.2, 0.25) is 0 Å². The van der Waals surface area contributed by atoms with Crippen molar-refractivity contribution in [2.45, 2.75) is 6.54 Å². The number of allylic oxidation sites excluding steroid dienone is 1. The number of halogens is 2.